The largest absolute Gasteiger partial charge is 0.376 e. The summed E-state index contributed by atoms with van der Waals surface area (Å²) >= 11 is 13.3. The van der Waals surface area contributed by atoms with Gasteiger partial charge in [-0.3, -0.25) is 14.5 Å². The van der Waals surface area contributed by atoms with Crippen molar-refractivity contribution in [1.29, 1.82) is 0 Å². The Morgan fingerprint density at radius 1 is 0.977 bits per heavy atom. The molecule has 0 bridgehead atoms. The average molecular weight is 626 g/mol. The summed E-state index contributed by atoms with van der Waals surface area (Å²) in [5.74, 6) is 1.26. The molecule has 1 saturated carbocycles. The molecule has 6 rings (SSSR count). The van der Waals surface area contributed by atoms with Crippen LogP contribution < -0.4 is 5.32 Å². The number of likely N-dealkylation sites (tertiary alicyclic amines) is 2. The Hall–Kier alpha value is -2.58. The second kappa shape index (κ2) is 12.8. The third kappa shape index (κ3) is 6.60. The zero-order valence-corrected chi connectivity index (χ0v) is 26.8. The van der Waals surface area contributed by atoms with E-state index in [-0.39, 0.29) is 24.3 Å². The molecule has 1 aliphatic carbocycles. The van der Waals surface area contributed by atoms with E-state index in [0.29, 0.717) is 58.1 Å². The first kappa shape index (κ1) is 30.4. The van der Waals surface area contributed by atoms with Gasteiger partial charge in [0.05, 0.1) is 41.4 Å². The van der Waals surface area contributed by atoms with Crippen molar-refractivity contribution >= 4 is 51.6 Å². The summed E-state index contributed by atoms with van der Waals surface area (Å²) in [5.41, 5.74) is 2.60. The number of halogens is 2. The van der Waals surface area contributed by atoms with E-state index in [2.05, 4.69) is 24.1 Å². The molecule has 230 valence electrons. The Kier molecular flexibility index (Phi) is 9.06. The van der Waals surface area contributed by atoms with Crippen molar-refractivity contribution in [1.82, 2.24) is 14.4 Å². The lowest BCUT2D eigenvalue weighted by Gasteiger charge is -2.41. The van der Waals surface area contributed by atoms with E-state index >= 15 is 0 Å². The van der Waals surface area contributed by atoms with Gasteiger partial charge in [-0.1, -0.05) is 55.2 Å². The van der Waals surface area contributed by atoms with Crippen molar-refractivity contribution in [3.05, 3.63) is 63.8 Å². The number of hydrogen-bond acceptors (Lipinski definition) is 4. The number of para-hydroxylation sites is 1. The first-order valence-electron chi connectivity index (χ1n) is 15.6. The van der Waals surface area contributed by atoms with E-state index in [1.807, 2.05) is 47.0 Å². The standard InChI is InChI=1S/C34H42Cl2N4O3/c1-21-8-10-26(11-9-21)43-20-25-14-24(39-16-22(2)17-39)18-40(25)33(41)13-23-12-30(36)31(15-29(23)35)37-34(42)28-19-38(3)32-7-5-4-6-27(28)32/h4-7,12,15,19,21-22,24-26H,8-11,13-14,16-18,20H2,1-3H3,(H,37,42)/t21-,24-,25-,26-/m0/s1. The zero-order valence-electron chi connectivity index (χ0n) is 25.3. The summed E-state index contributed by atoms with van der Waals surface area (Å²) in [6.07, 6.45) is 7.82. The monoisotopic (exact) mass is 624 g/mol. The molecule has 9 heteroatoms. The van der Waals surface area contributed by atoms with Crippen molar-refractivity contribution in [2.45, 2.75) is 70.6 Å². The van der Waals surface area contributed by atoms with Gasteiger partial charge in [-0.05, 0) is 67.7 Å². The minimum Gasteiger partial charge on any atom is -0.376 e. The molecule has 3 heterocycles. The highest BCUT2D eigenvalue weighted by atomic mass is 35.5. The Bertz CT molecular complexity index is 1490. The molecule has 1 aromatic heterocycles. The van der Waals surface area contributed by atoms with Crippen molar-refractivity contribution in [2.75, 3.05) is 31.6 Å². The molecule has 2 aliphatic heterocycles. The molecule has 3 aliphatic rings. The van der Waals surface area contributed by atoms with Crippen molar-refractivity contribution in [2.24, 2.45) is 18.9 Å². The number of rotatable bonds is 8. The highest BCUT2D eigenvalue weighted by Gasteiger charge is 2.41. The van der Waals surface area contributed by atoms with Gasteiger partial charge in [0.1, 0.15) is 0 Å². The van der Waals surface area contributed by atoms with Crippen LogP contribution in [-0.4, -0.2) is 70.6 Å². The number of ether oxygens (including phenoxy) is 1. The first-order valence-corrected chi connectivity index (χ1v) is 16.4. The van der Waals surface area contributed by atoms with Crippen LogP contribution in [0.3, 0.4) is 0 Å². The molecule has 2 saturated heterocycles. The quantitative estimate of drug-likeness (QED) is 0.299. The molecule has 3 aromatic rings. The van der Waals surface area contributed by atoms with E-state index < -0.39 is 0 Å². The van der Waals surface area contributed by atoms with Gasteiger partial charge >= 0.3 is 0 Å². The van der Waals surface area contributed by atoms with Crippen LogP contribution in [0, 0.1) is 11.8 Å². The molecule has 0 spiro atoms. The lowest BCUT2D eigenvalue weighted by Crippen LogP contribution is -2.52. The number of aromatic nitrogens is 1. The van der Waals surface area contributed by atoms with Crippen LogP contribution in [0.25, 0.3) is 10.9 Å². The summed E-state index contributed by atoms with van der Waals surface area (Å²) in [4.78, 5) is 31.5. The smallest absolute Gasteiger partial charge is 0.257 e. The minimum absolute atomic E-state index is 0.0347. The van der Waals surface area contributed by atoms with Gasteiger partial charge in [0.2, 0.25) is 5.91 Å². The number of amides is 2. The number of nitrogens with zero attached hydrogens (tertiary/aromatic N) is 3. The molecule has 2 aromatic carbocycles. The van der Waals surface area contributed by atoms with Crippen molar-refractivity contribution in [3.8, 4) is 0 Å². The van der Waals surface area contributed by atoms with Crippen LogP contribution in [0.1, 0.15) is 61.9 Å². The molecule has 2 atom stereocenters. The average Bonchev–Trinajstić information content (AvgIpc) is 3.55. The summed E-state index contributed by atoms with van der Waals surface area (Å²) in [5, 5.41) is 4.53. The first-order chi connectivity index (χ1) is 20.7. The second-order valence-corrected chi connectivity index (χ2v) is 13.9. The lowest BCUT2D eigenvalue weighted by molar-refractivity contribution is -0.133. The van der Waals surface area contributed by atoms with E-state index in [9.17, 15) is 9.59 Å². The van der Waals surface area contributed by atoms with Crippen LogP contribution in [0.4, 0.5) is 5.69 Å². The third-order valence-corrected chi connectivity index (χ3v) is 10.3. The van der Waals surface area contributed by atoms with Gasteiger partial charge in [0.15, 0.2) is 0 Å². The Morgan fingerprint density at radius 3 is 2.47 bits per heavy atom. The van der Waals surface area contributed by atoms with Crippen molar-refractivity contribution in [3.63, 3.8) is 0 Å². The second-order valence-electron chi connectivity index (χ2n) is 13.1. The third-order valence-electron chi connectivity index (χ3n) is 9.68. The maximum absolute atomic E-state index is 13.8. The normalized spacial score (nSPS) is 24.8. The number of nitrogens with one attached hydrogen (secondary N) is 1. The number of fused-ring (bicyclic) bond motifs is 1. The molecule has 0 unspecified atom stereocenters. The summed E-state index contributed by atoms with van der Waals surface area (Å²) in [6, 6.07) is 11.5. The number of hydrogen-bond donors (Lipinski definition) is 1. The predicted molar refractivity (Wildman–Crippen MR) is 173 cm³/mol. The molecule has 0 radical (unpaired) electrons. The predicted octanol–water partition coefficient (Wildman–Crippen LogP) is 6.80. The van der Waals surface area contributed by atoms with Crippen LogP contribution in [0.15, 0.2) is 42.6 Å². The number of anilines is 1. The topological polar surface area (TPSA) is 66.8 Å². The molecule has 2 amide bonds. The van der Waals surface area contributed by atoms with E-state index in [1.54, 1.807) is 12.1 Å². The number of benzene rings is 2. The van der Waals surface area contributed by atoms with Crippen LogP contribution in [0.2, 0.25) is 10.0 Å². The van der Waals surface area contributed by atoms with Gasteiger partial charge < -0.3 is 19.5 Å². The Labute approximate surface area is 264 Å². The van der Waals surface area contributed by atoms with E-state index in [0.717, 1.165) is 49.2 Å². The van der Waals surface area contributed by atoms with Gasteiger partial charge in [0, 0.05) is 54.8 Å². The van der Waals surface area contributed by atoms with Gasteiger partial charge in [-0.15, -0.1) is 0 Å². The highest BCUT2D eigenvalue weighted by molar-refractivity contribution is 6.36. The number of carbonyl (C=O) groups excluding carboxylic acids is 2. The fourth-order valence-corrected chi connectivity index (χ4v) is 7.57. The minimum atomic E-state index is -0.266. The lowest BCUT2D eigenvalue weighted by atomic mass is 9.89. The van der Waals surface area contributed by atoms with Gasteiger partial charge in [0.25, 0.3) is 5.91 Å². The maximum Gasteiger partial charge on any atom is 0.257 e. The van der Waals surface area contributed by atoms with Crippen molar-refractivity contribution < 1.29 is 14.3 Å². The van der Waals surface area contributed by atoms with Crippen LogP contribution in [0.5, 0.6) is 0 Å². The van der Waals surface area contributed by atoms with Crippen LogP contribution in [-0.2, 0) is 23.0 Å². The van der Waals surface area contributed by atoms with Gasteiger partial charge in [-0.2, -0.15) is 0 Å². The maximum atomic E-state index is 13.8. The zero-order chi connectivity index (χ0) is 30.2. The Balaban J connectivity index is 1.13. The molecule has 7 nitrogen and oxygen atoms in total. The molecule has 43 heavy (non-hydrogen) atoms. The number of carbonyl (C=O) groups is 2. The molecular formula is C34H42Cl2N4O3. The fourth-order valence-electron chi connectivity index (χ4n) is 7.10. The SMILES string of the molecule is CC1CN([C@H]2C[C@@H](CO[C@H]3CC[C@H](C)CC3)N(C(=O)Cc3cc(Cl)c(NC(=O)c4cn(C)c5ccccc45)cc3Cl)C2)C1. The molecule has 3 fully saturated rings. The summed E-state index contributed by atoms with van der Waals surface area (Å²) in [6.45, 7) is 8.07. The molecule has 1 N–H and O–H groups in total. The Morgan fingerprint density at radius 2 is 1.72 bits per heavy atom. The highest BCUT2D eigenvalue weighted by Crippen LogP contribution is 2.34. The summed E-state index contributed by atoms with van der Waals surface area (Å²) in [7, 11) is 1.91. The van der Waals surface area contributed by atoms with Gasteiger partial charge in [-0.25, -0.2) is 0 Å². The number of aryl methyl sites for hydroxylation is 1. The van der Waals surface area contributed by atoms with Crippen LogP contribution >= 0.6 is 23.2 Å². The molecular weight excluding hydrogens is 583 g/mol. The summed E-state index contributed by atoms with van der Waals surface area (Å²) < 4.78 is 8.33. The van der Waals surface area contributed by atoms with E-state index in [4.69, 9.17) is 27.9 Å². The fraction of sp³-hybridized carbons (Fsp3) is 0.529. The van der Waals surface area contributed by atoms with E-state index in [1.165, 1.54) is 12.8 Å².